The number of carbonyl (C=O) groups is 7. The van der Waals surface area contributed by atoms with E-state index in [0.717, 1.165) is 27.6 Å². The number of aliphatic imine (C=N–C) groups is 1. The maximum atomic E-state index is 14.5. The number of nitrogens with zero attached hydrogens (tertiary/aromatic N) is 2. The van der Waals surface area contributed by atoms with Gasteiger partial charge in [-0.3, -0.25) is 38.6 Å². The average molecular weight is 862 g/mol. The zero-order valence-corrected chi connectivity index (χ0v) is 35.1. The first-order valence-corrected chi connectivity index (χ1v) is 21.1. The van der Waals surface area contributed by atoms with Gasteiger partial charge in [0, 0.05) is 62.9 Å². The number of aromatic nitrogens is 1. The second-order valence-electron chi connectivity index (χ2n) is 15.8. The number of hydrogen-bond acceptors (Lipinski definition) is 8. The van der Waals surface area contributed by atoms with Gasteiger partial charge in [-0.2, -0.15) is 0 Å². The normalized spacial score (nSPS) is 21.6. The molecule has 0 saturated carbocycles. The van der Waals surface area contributed by atoms with Crippen molar-refractivity contribution in [3.63, 3.8) is 0 Å². The Kier molecular flexibility index (Phi) is 15.5. The number of nitrogens with two attached hydrogens (primary N) is 2. The van der Waals surface area contributed by atoms with E-state index in [2.05, 4.69) is 41.9 Å². The first-order chi connectivity index (χ1) is 30.4. The summed E-state index contributed by atoms with van der Waals surface area (Å²) < 4.78 is 0. The molecule has 6 rings (SSSR count). The highest BCUT2D eigenvalue weighted by molar-refractivity contribution is 5.98. The van der Waals surface area contributed by atoms with Gasteiger partial charge in [0.05, 0.1) is 0 Å². The van der Waals surface area contributed by atoms with Crippen LogP contribution in [0.4, 0.5) is 0 Å². The Morgan fingerprint density at radius 2 is 1.43 bits per heavy atom. The number of amides is 7. The third-order valence-corrected chi connectivity index (χ3v) is 11.1. The maximum Gasteiger partial charge on any atom is 0.247 e. The van der Waals surface area contributed by atoms with Crippen LogP contribution in [-0.4, -0.2) is 113 Å². The number of fused-ring (bicyclic) bond motifs is 2. The first kappa shape index (κ1) is 45.3. The van der Waals surface area contributed by atoms with Gasteiger partial charge in [0.15, 0.2) is 5.96 Å². The molecule has 6 atom stereocenters. The molecule has 18 heteroatoms. The second kappa shape index (κ2) is 21.5. The molecule has 2 saturated heterocycles. The number of para-hydroxylation sites is 1. The van der Waals surface area contributed by atoms with Crippen LogP contribution < -0.4 is 43.4 Å². The molecule has 63 heavy (non-hydrogen) atoms. The van der Waals surface area contributed by atoms with Gasteiger partial charge in [-0.1, -0.05) is 78.9 Å². The molecule has 0 radical (unpaired) electrons. The fraction of sp³-hybridized carbons (Fsp3) is 0.378. The van der Waals surface area contributed by atoms with Crippen LogP contribution in [0, 0.1) is 0 Å². The average Bonchev–Trinajstić information content (AvgIpc) is 3.93. The Morgan fingerprint density at radius 3 is 2.13 bits per heavy atom. The molecule has 11 N–H and O–H groups in total. The van der Waals surface area contributed by atoms with Crippen molar-refractivity contribution in [1.29, 1.82) is 0 Å². The van der Waals surface area contributed by atoms with Crippen molar-refractivity contribution in [1.82, 2.24) is 41.8 Å². The molecule has 2 aliphatic rings. The smallest absolute Gasteiger partial charge is 0.247 e. The lowest BCUT2D eigenvalue weighted by Crippen LogP contribution is -2.62. The minimum absolute atomic E-state index is 0.0212. The van der Waals surface area contributed by atoms with Gasteiger partial charge in [0.1, 0.15) is 36.3 Å². The van der Waals surface area contributed by atoms with E-state index in [9.17, 15) is 33.6 Å². The van der Waals surface area contributed by atoms with Crippen molar-refractivity contribution in [3.8, 4) is 0 Å². The van der Waals surface area contributed by atoms with Crippen molar-refractivity contribution in [2.45, 2.75) is 88.1 Å². The highest BCUT2D eigenvalue weighted by atomic mass is 16.2. The molecule has 18 nitrogen and oxygen atoms in total. The number of carbonyl (C=O) groups excluding carboxylic acids is 7. The molecule has 7 amide bonds. The number of hydrogen-bond donors (Lipinski definition) is 9. The van der Waals surface area contributed by atoms with E-state index in [4.69, 9.17) is 11.5 Å². The monoisotopic (exact) mass is 861 g/mol. The first-order valence-electron chi connectivity index (χ1n) is 21.1. The van der Waals surface area contributed by atoms with Gasteiger partial charge in [0.2, 0.25) is 41.4 Å². The quantitative estimate of drug-likeness (QED) is 0.0489. The summed E-state index contributed by atoms with van der Waals surface area (Å²) in [5.74, 6) is -4.62. The van der Waals surface area contributed by atoms with E-state index in [1.807, 2.05) is 48.5 Å². The van der Waals surface area contributed by atoms with E-state index >= 15 is 0 Å². The largest absolute Gasteiger partial charge is 0.370 e. The zero-order valence-electron chi connectivity index (χ0n) is 35.1. The van der Waals surface area contributed by atoms with Crippen molar-refractivity contribution >= 4 is 58.2 Å². The minimum Gasteiger partial charge on any atom is -0.370 e. The van der Waals surface area contributed by atoms with Gasteiger partial charge in [-0.05, 0) is 48.4 Å². The molecule has 1 aromatic heterocycles. The van der Waals surface area contributed by atoms with Crippen LogP contribution >= 0.6 is 0 Å². The zero-order chi connectivity index (χ0) is 44.9. The van der Waals surface area contributed by atoms with Crippen molar-refractivity contribution in [2.75, 3.05) is 19.6 Å². The SMILES string of the molecule is CC(=O)N[C@@H](Cc1ccccc1)C(=O)NC1CNC(=O)[C@H](CCCN=C(N)N)NC(=O)[C@H](Cc2c[nH]c3ccccc23)NC(=O)[C@@H](Cc2ccccc2)NC(=O)C2CCCN2C1=O. The molecule has 3 heterocycles. The van der Waals surface area contributed by atoms with Crippen molar-refractivity contribution < 1.29 is 33.6 Å². The topological polar surface area (TPSA) is 275 Å². The van der Waals surface area contributed by atoms with Crippen LogP contribution in [0.2, 0.25) is 0 Å². The molecule has 2 fully saturated rings. The van der Waals surface area contributed by atoms with E-state index in [1.165, 1.54) is 11.8 Å². The summed E-state index contributed by atoms with van der Waals surface area (Å²) >= 11 is 0. The molecule has 3 aromatic carbocycles. The molecule has 2 aliphatic heterocycles. The number of benzene rings is 3. The van der Waals surface area contributed by atoms with Gasteiger partial charge < -0.3 is 53.3 Å². The molecular formula is C45H55N11O7. The summed E-state index contributed by atoms with van der Waals surface area (Å²) in [6, 6.07) is 18.4. The number of rotatable bonds is 13. The third kappa shape index (κ3) is 12.4. The van der Waals surface area contributed by atoms with E-state index in [1.54, 1.807) is 42.6 Å². The van der Waals surface area contributed by atoms with E-state index in [-0.39, 0.29) is 57.6 Å². The Labute approximate surface area is 364 Å². The highest BCUT2D eigenvalue weighted by Gasteiger charge is 2.41. The molecule has 2 unspecified atom stereocenters. The molecule has 4 aromatic rings. The number of H-pyrrole nitrogens is 1. The standard InChI is InChI=1S/C45H55N11O7/c1-27(57)51-34(22-28-12-4-2-5-13-28)40(59)55-37-26-50-39(58)33(18-10-20-48-45(46)47)52-42(61)36(24-30-25-49-32-17-9-8-16-31(30)32)53-41(60)35(23-29-14-6-3-7-15-29)54-43(62)38-19-11-21-56(38)44(37)63/h2-9,12-17,25,33-38,49H,10-11,18-24,26H2,1H3,(H,50,58)(H,51,57)(H,52,61)(H,53,60)(H,54,62)(H,55,59)(H4,46,47,48)/t33-,34-,35+,36-,37?,38?/m0/s1. The maximum absolute atomic E-state index is 14.5. The Balaban J connectivity index is 1.36. The van der Waals surface area contributed by atoms with Crippen LogP contribution in [0.15, 0.2) is 96.1 Å². The predicted molar refractivity (Wildman–Crippen MR) is 235 cm³/mol. The van der Waals surface area contributed by atoms with Gasteiger partial charge in [0.25, 0.3) is 0 Å². The summed E-state index contributed by atoms with van der Waals surface area (Å²) in [7, 11) is 0. The Bertz CT molecular complexity index is 2300. The minimum atomic E-state index is -1.41. The molecule has 0 bridgehead atoms. The van der Waals surface area contributed by atoms with Gasteiger partial charge >= 0.3 is 0 Å². The second-order valence-corrected chi connectivity index (χ2v) is 15.8. The lowest BCUT2D eigenvalue weighted by atomic mass is 10.0. The van der Waals surface area contributed by atoms with E-state index in [0.29, 0.717) is 6.42 Å². The highest BCUT2D eigenvalue weighted by Crippen LogP contribution is 2.22. The number of guanidine groups is 1. The molecule has 0 aliphatic carbocycles. The van der Waals surface area contributed by atoms with Crippen LogP contribution in [-0.2, 0) is 52.8 Å². The molecule has 0 spiro atoms. The van der Waals surface area contributed by atoms with Crippen LogP contribution in [0.25, 0.3) is 10.9 Å². The predicted octanol–water partition coefficient (Wildman–Crippen LogP) is -0.186. The summed E-state index contributed by atoms with van der Waals surface area (Å²) in [5, 5.41) is 17.5. The van der Waals surface area contributed by atoms with E-state index < -0.39 is 84.1 Å². The number of nitrogens with one attached hydrogen (secondary N) is 7. The fourth-order valence-electron chi connectivity index (χ4n) is 7.98. The summed E-state index contributed by atoms with van der Waals surface area (Å²) in [6.07, 6.45) is 2.94. The molecule has 332 valence electrons. The molecular weight excluding hydrogens is 807 g/mol. The van der Waals surface area contributed by atoms with Gasteiger partial charge in [-0.25, -0.2) is 0 Å². The summed E-state index contributed by atoms with van der Waals surface area (Å²) in [6.45, 7) is 1.13. The Hall–Kier alpha value is -7.24. The number of aromatic amines is 1. The van der Waals surface area contributed by atoms with Crippen LogP contribution in [0.1, 0.15) is 49.3 Å². The third-order valence-electron chi connectivity index (χ3n) is 11.1. The van der Waals surface area contributed by atoms with Crippen LogP contribution in [0.5, 0.6) is 0 Å². The fourth-order valence-corrected chi connectivity index (χ4v) is 7.98. The summed E-state index contributed by atoms with van der Waals surface area (Å²) in [4.78, 5) is 107. The Morgan fingerprint density at radius 1 is 0.794 bits per heavy atom. The summed E-state index contributed by atoms with van der Waals surface area (Å²) in [5.41, 5.74) is 14.1. The lowest BCUT2D eigenvalue weighted by molar-refractivity contribution is -0.143. The lowest BCUT2D eigenvalue weighted by Gasteiger charge is -2.32. The van der Waals surface area contributed by atoms with Gasteiger partial charge in [-0.15, -0.1) is 0 Å². The van der Waals surface area contributed by atoms with Crippen LogP contribution in [0.3, 0.4) is 0 Å². The van der Waals surface area contributed by atoms with Crippen molar-refractivity contribution in [3.05, 3.63) is 108 Å². The van der Waals surface area contributed by atoms with Crippen molar-refractivity contribution in [2.24, 2.45) is 16.5 Å².